The van der Waals surface area contributed by atoms with E-state index in [4.69, 9.17) is 21.1 Å². The molecule has 2 aromatic rings. The number of rotatable bonds is 6. The van der Waals surface area contributed by atoms with E-state index in [2.05, 4.69) is 4.74 Å². The molecule has 0 radical (unpaired) electrons. The molecule has 2 rings (SSSR count). The molecule has 2 aromatic carbocycles. The predicted molar refractivity (Wildman–Crippen MR) is 94.3 cm³/mol. The van der Waals surface area contributed by atoms with Gasteiger partial charge in [0.2, 0.25) is 0 Å². The second kappa shape index (κ2) is 8.85. The van der Waals surface area contributed by atoms with Gasteiger partial charge in [-0.25, -0.2) is 13.6 Å². The van der Waals surface area contributed by atoms with Gasteiger partial charge in [0.1, 0.15) is 18.1 Å². The topological polar surface area (TPSA) is 44.8 Å². The van der Waals surface area contributed by atoms with Crippen LogP contribution in [0.2, 0.25) is 5.02 Å². The second-order valence-electron chi connectivity index (χ2n) is 5.53. The van der Waals surface area contributed by atoms with E-state index in [1.165, 1.54) is 19.2 Å². The van der Waals surface area contributed by atoms with E-state index in [1.807, 2.05) is 6.92 Å². The Bertz CT molecular complexity index is 793. The van der Waals surface area contributed by atoms with Crippen LogP contribution in [-0.4, -0.2) is 13.3 Å². The molecular weight excluding hydrogens is 366 g/mol. The SMILES string of the molecule is CCc1cc(C(F)F)c(OCc2c(C)cccc2OC(=O)OC)cc1Cl. The van der Waals surface area contributed by atoms with E-state index in [1.54, 1.807) is 25.1 Å². The summed E-state index contributed by atoms with van der Waals surface area (Å²) in [5.41, 5.74) is 1.73. The Balaban J connectivity index is 2.32. The summed E-state index contributed by atoms with van der Waals surface area (Å²) in [7, 11) is 1.19. The number of alkyl halides is 2. The molecule has 0 fully saturated rings. The van der Waals surface area contributed by atoms with Crippen LogP contribution in [0, 0.1) is 6.92 Å². The molecule has 140 valence electrons. The molecule has 0 heterocycles. The van der Waals surface area contributed by atoms with Gasteiger partial charge in [-0.1, -0.05) is 30.7 Å². The first-order valence-corrected chi connectivity index (χ1v) is 8.32. The maximum atomic E-state index is 13.4. The van der Waals surface area contributed by atoms with Crippen LogP contribution >= 0.6 is 11.6 Å². The lowest BCUT2D eigenvalue weighted by Crippen LogP contribution is -2.11. The second-order valence-corrected chi connectivity index (χ2v) is 5.94. The van der Waals surface area contributed by atoms with Crippen LogP contribution in [0.1, 0.15) is 35.6 Å². The quantitative estimate of drug-likeness (QED) is 0.461. The van der Waals surface area contributed by atoms with Gasteiger partial charge in [0.15, 0.2) is 0 Å². The number of carbonyl (C=O) groups excluding carboxylic acids is 1. The van der Waals surface area contributed by atoms with Crippen LogP contribution in [0.3, 0.4) is 0 Å². The van der Waals surface area contributed by atoms with Gasteiger partial charge in [-0.05, 0) is 42.7 Å². The molecule has 0 amide bonds. The lowest BCUT2D eigenvalue weighted by atomic mass is 10.1. The average molecular weight is 385 g/mol. The normalized spacial score (nSPS) is 10.7. The molecule has 0 spiro atoms. The maximum Gasteiger partial charge on any atom is 0.513 e. The van der Waals surface area contributed by atoms with Crippen molar-refractivity contribution in [3.63, 3.8) is 0 Å². The highest BCUT2D eigenvalue weighted by molar-refractivity contribution is 6.31. The van der Waals surface area contributed by atoms with Gasteiger partial charge in [-0.3, -0.25) is 0 Å². The summed E-state index contributed by atoms with van der Waals surface area (Å²) in [4.78, 5) is 11.4. The van der Waals surface area contributed by atoms with Crippen LogP contribution in [-0.2, 0) is 17.8 Å². The Morgan fingerprint density at radius 3 is 2.58 bits per heavy atom. The highest BCUT2D eigenvalue weighted by Crippen LogP contribution is 2.35. The number of methoxy groups -OCH3 is 1. The molecule has 0 unspecified atom stereocenters. The molecule has 7 heteroatoms. The summed E-state index contributed by atoms with van der Waals surface area (Å²) in [5, 5.41) is 0.364. The fourth-order valence-corrected chi connectivity index (χ4v) is 2.71. The highest BCUT2D eigenvalue weighted by Gasteiger charge is 2.19. The van der Waals surface area contributed by atoms with Gasteiger partial charge in [0.25, 0.3) is 6.43 Å². The minimum absolute atomic E-state index is 0.00512. The Morgan fingerprint density at radius 1 is 1.23 bits per heavy atom. The molecule has 0 bridgehead atoms. The van der Waals surface area contributed by atoms with Crippen LogP contribution < -0.4 is 9.47 Å². The van der Waals surface area contributed by atoms with E-state index in [9.17, 15) is 13.6 Å². The third-order valence-corrected chi connectivity index (χ3v) is 4.25. The summed E-state index contributed by atoms with van der Waals surface area (Å²) in [5.74, 6) is 0.237. The van der Waals surface area contributed by atoms with Crippen LogP contribution in [0.4, 0.5) is 13.6 Å². The molecule has 0 aliphatic carbocycles. The summed E-state index contributed by atoms with van der Waals surface area (Å²) >= 11 is 6.13. The van der Waals surface area contributed by atoms with Gasteiger partial charge < -0.3 is 14.2 Å². The monoisotopic (exact) mass is 384 g/mol. The zero-order valence-electron chi connectivity index (χ0n) is 14.6. The molecule has 0 N–H and O–H groups in total. The number of halogens is 3. The van der Waals surface area contributed by atoms with Crippen molar-refractivity contribution in [3.8, 4) is 11.5 Å². The van der Waals surface area contributed by atoms with E-state index in [-0.39, 0.29) is 23.7 Å². The third-order valence-electron chi connectivity index (χ3n) is 3.89. The first kappa shape index (κ1) is 20.0. The van der Waals surface area contributed by atoms with E-state index >= 15 is 0 Å². The van der Waals surface area contributed by atoms with E-state index in [0.717, 1.165) is 5.56 Å². The van der Waals surface area contributed by atoms with Crippen molar-refractivity contribution in [2.24, 2.45) is 0 Å². The molecule has 0 atom stereocenters. The Hall–Kier alpha value is -2.34. The Kier molecular flexibility index (Phi) is 6.80. The minimum Gasteiger partial charge on any atom is -0.488 e. The largest absolute Gasteiger partial charge is 0.513 e. The molecule has 0 saturated heterocycles. The number of benzene rings is 2. The first-order valence-electron chi connectivity index (χ1n) is 7.94. The van der Waals surface area contributed by atoms with Gasteiger partial charge in [-0.15, -0.1) is 0 Å². The maximum absolute atomic E-state index is 13.4. The van der Waals surface area contributed by atoms with Crippen LogP contribution in [0.15, 0.2) is 30.3 Å². The highest BCUT2D eigenvalue weighted by atomic mass is 35.5. The van der Waals surface area contributed by atoms with Crippen molar-refractivity contribution in [1.82, 2.24) is 0 Å². The summed E-state index contributed by atoms with van der Waals surface area (Å²) in [6.45, 7) is 3.56. The number of hydrogen-bond acceptors (Lipinski definition) is 4. The average Bonchev–Trinajstić information content (AvgIpc) is 2.60. The van der Waals surface area contributed by atoms with Crippen molar-refractivity contribution >= 4 is 17.8 Å². The number of hydrogen-bond donors (Lipinski definition) is 0. The predicted octanol–water partition coefficient (Wildman–Crippen LogP) is 5.87. The van der Waals surface area contributed by atoms with Gasteiger partial charge in [-0.2, -0.15) is 0 Å². The van der Waals surface area contributed by atoms with Crippen molar-refractivity contribution in [2.45, 2.75) is 33.3 Å². The van der Waals surface area contributed by atoms with Crippen molar-refractivity contribution in [1.29, 1.82) is 0 Å². The molecule has 0 aliphatic rings. The fraction of sp³-hybridized carbons (Fsp3) is 0.316. The van der Waals surface area contributed by atoms with Crippen molar-refractivity contribution < 1.29 is 27.8 Å². The smallest absolute Gasteiger partial charge is 0.488 e. The first-order chi connectivity index (χ1) is 12.4. The van der Waals surface area contributed by atoms with Gasteiger partial charge in [0, 0.05) is 10.6 Å². The molecular formula is C19H19ClF2O4. The lowest BCUT2D eigenvalue weighted by molar-refractivity contribution is 0.120. The zero-order valence-corrected chi connectivity index (χ0v) is 15.4. The van der Waals surface area contributed by atoms with Gasteiger partial charge >= 0.3 is 6.16 Å². The molecule has 26 heavy (non-hydrogen) atoms. The van der Waals surface area contributed by atoms with Crippen molar-refractivity contribution in [2.75, 3.05) is 7.11 Å². The van der Waals surface area contributed by atoms with Gasteiger partial charge in [0.05, 0.1) is 12.7 Å². The lowest BCUT2D eigenvalue weighted by Gasteiger charge is -2.16. The van der Waals surface area contributed by atoms with E-state index < -0.39 is 12.6 Å². The van der Waals surface area contributed by atoms with Crippen LogP contribution in [0.5, 0.6) is 11.5 Å². The van der Waals surface area contributed by atoms with Crippen LogP contribution in [0.25, 0.3) is 0 Å². The zero-order chi connectivity index (χ0) is 19.3. The summed E-state index contributed by atoms with van der Waals surface area (Å²) < 4.78 is 41.9. The molecule has 0 aliphatic heterocycles. The Labute approximate surface area is 155 Å². The molecule has 0 saturated carbocycles. The third kappa shape index (κ3) is 4.64. The standard InChI is InChI=1S/C19H19ClF2O4/c1-4-12-8-13(18(21)22)17(9-15(12)20)25-10-14-11(2)6-5-7-16(14)26-19(23)24-3/h5-9,18H,4,10H2,1-3H3. The number of aryl methyl sites for hydroxylation is 2. The fourth-order valence-electron chi connectivity index (χ4n) is 2.42. The van der Waals surface area contributed by atoms with E-state index in [0.29, 0.717) is 22.6 Å². The minimum atomic E-state index is -2.70. The molecule has 0 aromatic heterocycles. The molecule has 4 nitrogen and oxygen atoms in total. The Morgan fingerprint density at radius 2 is 1.96 bits per heavy atom. The number of carbonyl (C=O) groups is 1. The van der Waals surface area contributed by atoms with Crippen molar-refractivity contribution in [3.05, 3.63) is 57.6 Å². The summed E-state index contributed by atoms with van der Waals surface area (Å²) in [6.07, 6.45) is -3.04. The summed E-state index contributed by atoms with van der Waals surface area (Å²) in [6, 6.07) is 7.81. The number of ether oxygens (including phenoxy) is 3.